The van der Waals surface area contributed by atoms with Gasteiger partial charge in [-0.05, 0) is 62.6 Å². The molecule has 1 rings (SSSR count). The monoisotopic (exact) mass is 512 g/mol. The summed E-state index contributed by atoms with van der Waals surface area (Å²) in [5, 5.41) is 0.0209. The highest BCUT2D eigenvalue weighted by atomic mass is 28.4. The molecule has 0 spiro atoms. The van der Waals surface area contributed by atoms with Crippen LogP contribution in [0, 0.1) is 0 Å². The van der Waals surface area contributed by atoms with Crippen LogP contribution in [0.2, 0.25) is 36.3 Å². The number of allylic oxidation sites excluding steroid dienone is 1. The van der Waals surface area contributed by atoms with Crippen molar-refractivity contribution in [2.75, 3.05) is 0 Å². The van der Waals surface area contributed by atoms with Gasteiger partial charge in [-0.1, -0.05) is 53.7 Å². The van der Waals surface area contributed by atoms with E-state index in [0.717, 1.165) is 0 Å². The first-order chi connectivity index (χ1) is 15.3. The molecule has 0 aromatic carbocycles. The summed E-state index contributed by atoms with van der Waals surface area (Å²) in [5.74, 6) is -0.620. The summed E-state index contributed by atoms with van der Waals surface area (Å²) in [5.41, 5.74) is 0. The Labute approximate surface area is 209 Å². The number of ether oxygens (including phenoxy) is 2. The van der Waals surface area contributed by atoms with Crippen LogP contribution >= 0.6 is 0 Å². The summed E-state index contributed by atoms with van der Waals surface area (Å²) in [4.78, 5) is 24.2. The summed E-state index contributed by atoms with van der Waals surface area (Å²) >= 11 is 0. The molecular weight excluding hydrogens is 464 g/mol. The van der Waals surface area contributed by atoms with Gasteiger partial charge < -0.3 is 18.3 Å². The summed E-state index contributed by atoms with van der Waals surface area (Å²) in [7, 11) is -4.24. The Kier molecular flexibility index (Phi) is 10.6. The first kappa shape index (κ1) is 30.8. The van der Waals surface area contributed by atoms with Crippen molar-refractivity contribution >= 4 is 28.6 Å². The van der Waals surface area contributed by atoms with Gasteiger partial charge in [-0.3, -0.25) is 4.79 Å². The molecule has 0 saturated carbocycles. The van der Waals surface area contributed by atoms with Crippen molar-refractivity contribution < 1.29 is 27.9 Å². The molecule has 1 aliphatic heterocycles. The molecule has 8 heteroatoms. The zero-order valence-electron chi connectivity index (χ0n) is 23.5. The third-order valence-electron chi connectivity index (χ3n) is 7.31. The van der Waals surface area contributed by atoms with Gasteiger partial charge in [0, 0.05) is 12.5 Å². The number of carbonyl (C=O) groups excluding carboxylic acids is 2. The predicted octanol–water partition coefficient (Wildman–Crippen LogP) is 6.54. The Morgan fingerprint density at radius 3 is 1.97 bits per heavy atom. The van der Waals surface area contributed by atoms with Crippen LogP contribution in [0.4, 0.5) is 0 Å². The van der Waals surface area contributed by atoms with E-state index >= 15 is 0 Å². The lowest BCUT2D eigenvalue weighted by Gasteiger charge is -2.40. The summed E-state index contributed by atoms with van der Waals surface area (Å²) in [6, 6.07) is 0. The van der Waals surface area contributed by atoms with Crippen LogP contribution in [0.25, 0.3) is 0 Å². The van der Waals surface area contributed by atoms with E-state index in [0.29, 0.717) is 12.8 Å². The van der Waals surface area contributed by atoms with E-state index in [1.807, 2.05) is 19.1 Å². The second-order valence-corrected chi connectivity index (χ2v) is 21.8. The minimum atomic E-state index is -2.15. The van der Waals surface area contributed by atoms with E-state index in [1.54, 1.807) is 13.0 Å². The van der Waals surface area contributed by atoms with Gasteiger partial charge in [0.05, 0.1) is 6.10 Å². The summed E-state index contributed by atoms with van der Waals surface area (Å²) < 4.78 is 24.6. The van der Waals surface area contributed by atoms with Gasteiger partial charge >= 0.3 is 11.9 Å². The molecule has 0 aromatic rings. The Morgan fingerprint density at radius 1 is 1.00 bits per heavy atom. The normalized spacial score (nSPS) is 21.1. The molecule has 0 radical (unpaired) electrons. The van der Waals surface area contributed by atoms with Crippen molar-refractivity contribution in [3.63, 3.8) is 0 Å². The van der Waals surface area contributed by atoms with E-state index in [4.69, 9.17) is 18.3 Å². The molecule has 0 aromatic heterocycles. The number of hydrogen-bond acceptors (Lipinski definition) is 6. The van der Waals surface area contributed by atoms with E-state index in [9.17, 15) is 9.59 Å². The van der Waals surface area contributed by atoms with Crippen LogP contribution in [0.5, 0.6) is 0 Å². The van der Waals surface area contributed by atoms with Gasteiger partial charge in [-0.25, -0.2) is 4.79 Å². The number of hydrogen-bond donors (Lipinski definition) is 0. The zero-order valence-corrected chi connectivity index (χ0v) is 25.5. The SMILES string of the molecule is C/C=C/C(=O)O[C@@H](/C=C/[C@@H](O[Si](C)(C)C(C)(C)C)[C@@H]1CCC(=O)O1)[C@@H](C)O[Si](C)(C)C(C)(C)C. The Hall–Kier alpha value is -1.23. The fourth-order valence-corrected chi connectivity index (χ4v) is 5.74. The first-order valence-electron chi connectivity index (χ1n) is 12.4. The molecular formula is C26H48O6Si2. The minimum Gasteiger partial charge on any atom is -0.459 e. The van der Waals surface area contributed by atoms with Crippen LogP contribution in [0.15, 0.2) is 24.3 Å². The van der Waals surface area contributed by atoms with Crippen molar-refractivity contribution in [2.24, 2.45) is 0 Å². The maximum absolute atomic E-state index is 12.3. The van der Waals surface area contributed by atoms with Gasteiger partial charge in [0.25, 0.3) is 0 Å². The smallest absolute Gasteiger partial charge is 0.331 e. The first-order valence-corrected chi connectivity index (χ1v) is 18.2. The number of esters is 2. The van der Waals surface area contributed by atoms with Crippen molar-refractivity contribution in [3.05, 3.63) is 24.3 Å². The largest absolute Gasteiger partial charge is 0.459 e. The minimum absolute atomic E-state index is 0.00176. The van der Waals surface area contributed by atoms with Crippen LogP contribution in [-0.4, -0.2) is 53.0 Å². The molecule has 1 fully saturated rings. The van der Waals surface area contributed by atoms with Crippen molar-refractivity contribution in [2.45, 2.75) is 129 Å². The van der Waals surface area contributed by atoms with Crippen molar-refractivity contribution in [1.29, 1.82) is 0 Å². The fraction of sp³-hybridized carbons (Fsp3) is 0.769. The van der Waals surface area contributed by atoms with E-state index in [2.05, 4.69) is 67.7 Å². The zero-order chi connectivity index (χ0) is 26.5. The van der Waals surface area contributed by atoms with Crippen LogP contribution in [-0.2, 0) is 27.9 Å². The molecule has 0 aliphatic carbocycles. The molecule has 4 atom stereocenters. The van der Waals surface area contributed by atoms with Crippen LogP contribution < -0.4 is 0 Å². The average molecular weight is 513 g/mol. The molecule has 0 N–H and O–H groups in total. The lowest BCUT2D eigenvalue weighted by atomic mass is 10.1. The summed E-state index contributed by atoms with van der Waals surface area (Å²) in [6.07, 6.45) is 6.13. The Bertz CT molecular complexity index is 758. The summed E-state index contributed by atoms with van der Waals surface area (Å²) in [6.45, 7) is 25.5. The maximum Gasteiger partial charge on any atom is 0.331 e. The molecule has 0 unspecified atom stereocenters. The van der Waals surface area contributed by atoms with Crippen LogP contribution in [0.3, 0.4) is 0 Å². The standard InChI is InChI=1S/C26H48O6Si2/c1-13-14-23(27)29-20(19(2)31-33(9,10)25(3,4)5)15-16-22(21-17-18-24(28)30-21)32-34(11,12)26(6,7)8/h13-16,19-22H,17-18H2,1-12H3/b14-13+,16-15+/t19-,20+,21+,22-/m1/s1. The molecule has 0 bridgehead atoms. The quantitative estimate of drug-likeness (QED) is 0.143. The molecule has 1 aliphatic rings. The lowest BCUT2D eigenvalue weighted by molar-refractivity contribution is -0.144. The topological polar surface area (TPSA) is 71.1 Å². The molecule has 6 nitrogen and oxygen atoms in total. The van der Waals surface area contributed by atoms with E-state index < -0.39 is 34.8 Å². The Balaban J connectivity index is 3.26. The highest BCUT2D eigenvalue weighted by molar-refractivity contribution is 6.74. The third-order valence-corrected chi connectivity index (χ3v) is 16.4. The van der Waals surface area contributed by atoms with E-state index in [-0.39, 0.29) is 28.3 Å². The third kappa shape index (κ3) is 8.77. The highest BCUT2D eigenvalue weighted by Gasteiger charge is 2.43. The van der Waals surface area contributed by atoms with Gasteiger partial charge in [0.1, 0.15) is 18.3 Å². The van der Waals surface area contributed by atoms with Crippen LogP contribution in [0.1, 0.15) is 68.2 Å². The second kappa shape index (κ2) is 11.7. The maximum atomic E-state index is 12.3. The van der Waals surface area contributed by atoms with Gasteiger partial charge in [-0.15, -0.1) is 0 Å². The van der Waals surface area contributed by atoms with Gasteiger partial charge in [0.15, 0.2) is 16.6 Å². The molecule has 34 heavy (non-hydrogen) atoms. The molecule has 1 heterocycles. The molecule has 0 amide bonds. The number of cyclic esters (lactones) is 1. The lowest BCUT2D eigenvalue weighted by Crippen LogP contribution is -2.47. The number of rotatable bonds is 10. The second-order valence-electron chi connectivity index (χ2n) is 12.3. The Morgan fingerprint density at radius 2 is 1.53 bits per heavy atom. The average Bonchev–Trinajstić information content (AvgIpc) is 3.08. The van der Waals surface area contributed by atoms with Crippen molar-refractivity contribution in [1.82, 2.24) is 0 Å². The van der Waals surface area contributed by atoms with Gasteiger partial charge in [0.2, 0.25) is 0 Å². The number of carbonyl (C=O) groups is 2. The van der Waals surface area contributed by atoms with E-state index in [1.165, 1.54) is 6.08 Å². The van der Waals surface area contributed by atoms with Gasteiger partial charge in [-0.2, -0.15) is 0 Å². The molecule has 1 saturated heterocycles. The fourth-order valence-electron chi connectivity index (χ4n) is 3.06. The van der Waals surface area contributed by atoms with Crippen molar-refractivity contribution in [3.8, 4) is 0 Å². The highest BCUT2D eigenvalue weighted by Crippen LogP contribution is 2.39. The predicted molar refractivity (Wildman–Crippen MR) is 143 cm³/mol. The molecule has 196 valence electrons.